The number of anilines is 1. The molecule has 0 unspecified atom stereocenters. The average molecular weight is 512 g/mol. The van der Waals surface area contributed by atoms with E-state index in [2.05, 4.69) is 15.4 Å². The van der Waals surface area contributed by atoms with E-state index < -0.39 is 0 Å². The van der Waals surface area contributed by atoms with Gasteiger partial charge < -0.3 is 24.4 Å². The minimum absolute atomic E-state index is 0.0331. The highest BCUT2D eigenvalue weighted by Gasteiger charge is 2.23. The van der Waals surface area contributed by atoms with Crippen LogP contribution in [0, 0.1) is 0 Å². The number of likely N-dealkylation sites (tertiary alicyclic amines) is 1. The fourth-order valence-electron chi connectivity index (χ4n) is 3.92. The Morgan fingerprint density at radius 1 is 1.11 bits per heavy atom. The van der Waals surface area contributed by atoms with Crippen molar-refractivity contribution in [2.75, 3.05) is 31.6 Å². The quantitative estimate of drug-likeness (QED) is 0.512. The molecule has 4 heterocycles. The van der Waals surface area contributed by atoms with Gasteiger partial charge in [0.1, 0.15) is 22.6 Å². The van der Waals surface area contributed by atoms with Gasteiger partial charge in [-0.05, 0) is 24.6 Å². The van der Waals surface area contributed by atoms with Crippen LogP contribution in [0.2, 0.25) is 5.02 Å². The number of pyridine rings is 1. The lowest BCUT2D eigenvalue weighted by Gasteiger charge is -2.30. The minimum Gasteiger partial charge on any atom is -0.490 e. The number of nitrogens with zero attached hydrogens (tertiary/aromatic N) is 4. The van der Waals surface area contributed by atoms with Gasteiger partial charge in [0, 0.05) is 63.1 Å². The first-order valence-corrected chi connectivity index (χ1v) is 12.2. The molecule has 0 bridgehead atoms. The maximum absolute atomic E-state index is 13.0. The summed E-state index contributed by atoms with van der Waals surface area (Å²) in [6.45, 7) is 2.71. The van der Waals surface area contributed by atoms with Gasteiger partial charge in [0.15, 0.2) is 5.82 Å². The molecule has 3 aromatic rings. The van der Waals surface area contributed by atoms with Gasteiger partial charge in [0.25, 0.3) is 11.8 Å². The number of aromatic nitrogens is 3. The Balaban J connectivity index is 1.38. The van der Waals surface area contributed by atoms with Crippen molar-refractivity contribution in [1.82, 2.24) is 19.7 Å². The molecule has 2 amide bonds. The molecule has 0 atom stereocenters. The number of halogens is 1. The van der Waals surface area contributed by atoms with Gasteiger partial charge in [0.05, 0.1) is 18.8 Å². The van der Waals surface area contributed by atoms with Crippen LogP contribution in [0.5, 0.6) is 17.4 Å². The minimum atomic E-state index is -0.370. The van der Waals surface area contributed by atoms with Gasteiger partial charge in [-0.2, -0.15) is 5.10 Å². The standard InChI is InChI=1S/C25H26ClN5O5/c1-30-8-3-22(29-30)28-23(32)16-11-19(35-18-4-9-34-10-5-18)14-20(12-16)36-24-21(26)13-17(15-27-24)25(33)31-6-2-7-31/h3,8,11-15,18H,2,4-7,9-10H2,1H3,(H,28,29,32). The Morgan fingerprint density at radius 3 is 2.56 bits per heavy atom. The number of amides is 2. The smallest absolute Gasteiger partial charge is 0.257 e. The normalized spacial score (nSPS) is 15.8. The molecule has 0 saturated carbocycles. The van der Waals surface area contributed by atoms with E-state index >= 15 is 0 Å². The molecule has 0 radical (unpaired) electrons. The van der Waals surface area contributed by atoms with Crippen LogP contribution < -0.4 is 14.8 Å². The van der Waals surface area contributed by atoms with Gasteiger partial charge in [-0.1, -0.05) is 11.6 Å². The van der Waals surface area contributed by atoms with E-state index in [9.17, 15) is 9.59 Å². The summed E-state index contributed by atoms with van der Waals surface area (Å²) in [4.78, 5) is 31.4. The topological polar surface area (TPSA) is 108 Å². The number of benzene rings is 1. The van der Waals surface area contributed by atoms with Gasteiger partial charge in [0.2, 0.25) is 5.88 Å². The van der Waals surface area contributed by atoms with Crippen LogP contribution in [-0.4, -0.2) is 63.9 Å². The van der Waals surface area contributed by atoms with E-state index in [1.165, 1.54) is 6.20 Å². The molecule has 1 aromatic carbocycles. The van der Waals surface area contributed by atoms with Crippen LogP contribution in [0.4, 0.5) is 5.82 Å². The largest absolute Gasteiger partial charge is 0.490 e. The number of carbonyl (C=O) groups is 2. The van der Waals surface area contributed by atoms with Gasteiger partial charge in [-0.3, -0.25) is 14.3 Å². The zero-order valence-corrected chi connectivity index (χ0v) is 20.5. The summed E-state index contributed by atoms with van der Waals surface area (Å²) in [6.07, 6.45) is 5.64. The number of ether oxygens (including phenoxy) is 3. The van der Waals surface area contributed by atoms with Gasteiger partial charge in [-0.15, -0.1) is 0 Å². The lowest BCUT2D eigenvalue weighted by atomic mass is 10.1. The molecular formula is C25H26ClN5O5. The number of aryl methyl sites for hydroxylation is 1. The molecule has 2 aliphatic heterocycles. The summed E-state index contributed by atoms with van der Waals surface area (Å²) in [5.41, 5.74) is 0.722. The first-order chi connectivity index (χ1) is 17.4. The maximum atomic E-state index is 13.0. The predicted octanol–water partition coefficient (Wildman–Crippen LogP) is 3.92. The third-order valence-electron chi connectivity index (χ3n) is 5.98. The SMILES string of the molecule is Cn1ccc(NC(=O)c2cc(Oc3ncc(C(=O)N4CCC4)cc3Cl)cc(OC3CCOCC3)c2)n1. The molecule has 188 valence electrons. The van der Waals surface area contributed by atoms with E-state index in [-0.39, 0.29) is 28.8 Å². The zero-order valence-electron chi connectivity index (χ0n) is 19.8. The first kappa shape index (κ1) is 24.1. The van der Waals surface area contributed by atoms with Crippen LogP contribution >= 0.6 is 11.6 Å². The summed E-state index contributed by atoms with van der Waals surface area (Å²) in [5, 5.41) is 7.15. The van der Waals surface area contributed by atoms with E-state index in [4.69, 9.17) is 25.8 Å². The van der Waals surface area contributed by atoms with Crippen molar-refractivity contribution >= 4 is 29.2 Å². The van der Waals surface area contributed by atoms with E-state index in [0.29, 0.717) is 41.7 Å². The Kier molecular flexibility index (Phi) is 7.06. The Morgan fingerprint density at radius 2 is 1.89 bits per heavy atom. The van der Waals surface area contributed by atoms with Gasteiger partial charge >= 0.3 is 0 Å². The van der Waals surface area contributed by atoms with Crippen molar-refractivity contribution in [3.63, 3.8) is 0 Å². The second kappa shape index (κ2) is 10.5. The van der Waals surface area contributed by atoms with Crippen LogP contribution in [-0.2, 0) is 11.8 Å². The molecule has 0 aliphatic carbocycles. The van der Waals surface area contributed by atoms with E-state index in [1.807, 2.05) is 0 Å². The monoisotopic (exact) mass is 511 g/mol. The summed E-state index contributed by atoms with van der Waals surface area (Å²) in [5.74, 6) is 0.866. The van der Waals surface area contributed by atoms with Crippen molar-refractivity contribution in [2.45, 2.75) is 25.4 Å². The molecule has 2 aromatic heterocycles. The molecule has 36 heavy (non-hydrogen) atoms. The fourth-order valence-corrected chi connectivity index (χ4v) is 4.12. The summed E-state index contributed by atoms with van der Waals surface area (Å²) in [6, 6.07) is 8.16. The maximum Gasteiger partial charge on any atom is 0.257 e. The summed E-state index contributed by atoms with van der Waals surface area (Å²) in [7, 11) is 1.77. The highest BCUT2D eigenvalue weighted by molar-refractivity contribution is 6.32. The summed E-state index contributed by atoms with van der Waals surface area (Å²) >= 11 is 6.40. The fraction of sp³-hybridized carbons (Fsp3) is 0.360. The van der Waals surface area contributed by atoms with Crippen LogP contribution in [0.1, 0.15) is 40.0 Å². The summed E-state index contributed by atoms with van der Waals surface area (Å²) < 4.78 is 19.1. The second-order valence-electron chi connectivity index (χ2n) is 8.71. The number of rotatable bonds is 7. The van der Waals surface area contributed by atoms with Crippen molar-refractivity contribution in [3.05, 3.63) is 58.9 Å². The predicted molar refractivity (Wildman–Crippen MR) is 132 cm³/mol. The lowest BCUT2D eigenvalue weighted by Crippen LogP contribution is -2.42. The number of hydrogen-bond acceptors (Lipinski definition) is 7. The molecule has 0 spiro atoms. The number of carbonyl (C=O) groups excluding carboxylic acids is 2. The van der Waals surface area contributed by atoms with Crippen LogP contribution in [0.25, 0.3) is 0 Å². The van der Waals surface area contributed by atoms with Crippen molar-refractivity contribution in [3.8, 4) is 17.4 Å². The van der Waals surface area contributed by atoms with Crippen molar-refractivity contribution in [2.24, 2.45) is 7.05 Å². The van der Waals surface area contributed by atoms with Crippen molar-refractivity contribution < 1.29 is 23.8 Å². The van der Waals surface area contributed by atoms with E-state index in [0.717, 1.165) is 32.4 Å². The average Bonchev–Trinajstić information content (AvgIpc) is 3.24. The van der Waals surface area contributed by atoms with Crippen molar-refractivity contribution in [1.29, 1.82) is 0 Å². The van der Waals surface area contributed by atoms with Crippen LogP contribution in [0.15, 0.2) is 42.7 Å². The molecule has 2 saturated heterocycles. The molecule has 2 aliphatic rings. The molecule has 5 rings (SSSR count). The highest BCUT2D eigenvalue weighted by Crippen LogP contribution is 2.32. The first-order valence-electron chi connectivity index (χ1n) is 11.8. The third kappa shape index (κ3) is 5.60. The van der Waals surface area contributed by atoms with Crippen LogP contribution in [0.3, 0.4) is 0 Å². The number of nitrogens with one attached hydrogen (secondary N) is 1. The molecule has 11 heteroatoms. The Labute approximate surface area is 213 Å². The Hall–Kier alpha value is -3.63. The second-order valence-corrected chi connectivity index (χ2v) is 9.12. The highest BCUT2D eigenvalue weighted by atomic mass is 35.5. The number of hydrogen-bond donors (Lipinski definition) is 1. The lowest BCUT2D eigenvalue weighted by molar-refractivity contribution is 0.0254. The van der Waals surface area contributed by atoms with Gasteiger partial charge in [-0.25, -0.2) is 4.98 Å². The third-order valence-corrected chi connectivity index (χ3v) is 6.25. The van der Waals surface area contributed by atoms with E-state index in [1.54, 1.807) is 53.2 Å². The molecule has 10 nitrogen and oxygen atoms in total. The molecule has 1 N–H and O–H groups in total. The molecule has 2 fully saturated rings. The zero-order chi connectivity index (χ0) is 25.1. The molecular weight excluding hydrogens is 486 g/mol. The Bertz CT molecular complexity index is 1270.